The first-order chi connectivity index (χ1) is 12.1. The lowest BCUT2D eigenvalue weighted by Crippen LogP contribution is -2.40. The van der Waals surface area contributed by atoms with Crippen molar-refractivity contribution in [1.29, 1.82) is 0 Å². The summed E-state index contributed by atoms with van der Waals surface area (Å²) < 4.78 is 7.65. The van der Waals surface area contributed by atoms with E-state index in [-0.39, 0.29) is 11.3 Å². The molecule has 3 aliphatic rings. The number of rotatable bonds is 4. The Morgan fingerprint density at radius 2 is 2.12 bits per heavy atom. The Balaban J connectivity index is 1.54. The third-order valence-electron chi connectivity index (χ3n) is 6.40. The van der Waals surface area contributed by atoms with Crippen LogP contribution in [-0.2, 0) is 16.1 Å². The second kappa shape index (κ2) is 6.71. The van der Waals surface area contributed by atoms with Crippen LogP contribution in [0, 0.1) is 17.3 Å². The van der Waals surface area contributed by atoms with Gasteiger partial charge in [0.25, 0.3) is 0 Å². The van der Waals surface area contributed by atoms with E-state index in [1.807, 2.05) is 6.33 Å². The SMILES string of the molecule is CC(C)Cn1cnnc1C1CN(C(=O)C2CCOCC2)CC12CCC2. The number of aromatic nitrogens is 3. The average molecular weight is 346 g/mol. The zero-order chi connectivity index (χ0) is 17.4. The molecule has 1 spiro atoms. The zero-order valence-electron chi connectivity index (χ0n) is 15.5. The van der Waals surface area contributed by atoms with E-state index in [1.165, 1.54) is 19.3 Å². The number of likely N-dealkylation sites (tertiary alicyclic amines) is 1. The van der Waals surface area contributed by atoms with Crippen molar-refractivity contribution in [3.63, 3.8) is 0 Å². The lowest BCUT2D eigenvalue weighted by molar-refractivity contribution is -0.138. The second-order valence-corrected chi connectivity index (χ2v) is 8.61. The van der Waals surface area contributed by atoms with E-state index in [9.17, 15) is 4.79 Å². The molecule has 1 unspecified atom stereocenters. The molecule has 1 aliphatic carbocycles. The van der Waals surface area contributed by atoms with Crippen LogP contribution in [0.25, 0.3) is 0 Å². The fourth-order valence-electron chi connectivity index (χ4n) is 4.90. The predicted octanol–water partition coefficient (Wildman–Crippen LogP) is 2.46. The van der Waals surface area contributed by atoms with Gasteiger partial charge in [0.2, 0.25) is 5.91 Å². The highest BCUT2D eigenvalue weighted by Crippen LogP contribution is 2.55. The summed E-state index contributed by atoms with van der Waals surface area (Å²) in [6.07, 6.45) is 7.30. The summed E-state index contributed by atoms with van der Waals surface area (Å²) in [4.78, 5) is 15.2. The molecule has 2 aliphatic heterocycles. The number of ether oxygens (including phenoxy) is 1. The molecule has 6 nitrogen and oxygen atoms in total. The first-order valence-corrected chi connectivity index (χ1v) is 9.83. The third-order valence-corrected chi connectivity index (χ3v) is 6.40. The summed E-state index contributed by atoms with van der Waals surface area (Å²) in [6.45, 7) is 8.55. The van der Waals surface area contributed by atoms with Gasteiger partial charge in [0.05, 0.1) is 0 Å². The summed E-state index contributed by atoms with van der Waals surface area (Å²) in [5.41, 5.74) is 0.239. The minimum absolute atomic E-state index is 0.151. The van der Waals surface area contributed by atoms with Crippen LogP contribution in [0.3, 0.4) is 0 Å². The highest BCUT2D eigenvalue weighted by atomic mass is 16.5. The van der Waals surface area contributed by atoms with Crippen molar-refractivity contribution in [3.8, 4) is 0 Å². The normalized spacial score (nSPS) is 26.4. The molecule has 0 bridgehead atoms. The third kappa shape index (κ3) is 3.09. The van der Waals surface area contributed by atoms with Crippen LogP contribution in [0.1, 0.15) is 57.7 Å². The number of nitrogens with zero attached hydrogens (tertiary/aromatic N) is 4. The Morgan fingerprint density at radius 3 is 2.76 bits per heavy atom. The Morgan fingerprint density at radius 1 is 1.36 bits per heavy atom. The smallest absolute Gasteiger partial charge is 0.225 e. The monoisotopic (exact) mass is 346 g/mol. The Hall–Kier alpha value is -1.43. The van der Waals surface area contributed by atoms with Crippen molar-refractivity contribution in [2.75, 3.05) is 26.3 Å². The van der Waals surface area contributed by atoms with Crippen LogP contribution in [0.2, 0.25) is 0 Å². The van der Waals surface area contributed by atoms with Gasteiger partial charge in [0, 0.05) is 44.7 Å². The first-order valence-electron chi connectivity index (χ1n) is 9.83. The van der Waals surface area contributed by atoms with E-state index >= 15 is 0 Å². The molecular formula is C19H30N4O2. The van der Waals surface area contributed by atoms with Gasteiger partial charge in [-0.05, 0) is 37.0 Å². The number of carbonyl (C=O) groups excluding carboxylic acids is 1. The topological polar surface area (TPSA) is 60.2 Å². The minimum atomic E-state index is 0.151. The standard InChI is InChI=1S/C19H30N4O2/c1-14(2)10-23-13-20-21-17(23)16-11-22(12-19(16)6-3-7-19)18(24)15-4-8-25-9-5-15/h13-16H,3-12H2,1-2H3. The molecule has 6 heteroatoms. The molecule has 1 aromatic rings. The molecule has 138 valence electrons. The maximum Gasteiger partial charge on any atom is 0.225 e. The van der Waals surface area contributed by atoms with Crippen molar-refractivity contribution in [2.45, 2.75) is 58.4 Å². The number of hydrogen-bond acceptors (Lipinski definition) is 4. The quantitative estimate of drug-likeness (QED) is 0.840. The van der Waals surface area contributed by atoms with Gasteiger partial charge in [-0.25, -0.2) is 0 Å². The number of hydrogen-bond donors (Lipinski definition) is 0. The summed E-state index contributed by atoms with van der Waals surface area (Å²) in [5, 5.41) is 8.69. The van der Waals surface area contributed by atoms with Crippen LogP contribution in [-0.4, -0.2) is 51.9 Å². The van der Waals surface area contributed by atoms with Crippen molar-refractivity contribution < 1.29 is 9.53 Å². The van der Waals surface area contributed by atoms with Gasteiger partial charge in [-0.1, -0.05) is 20.3 Å². The number of amides is 1. The molecule has 1 amide bonds. The molecule has 0 aromatic carbocycles. The highest BCUT2D eigenvalue weighted by Gasteiger charge is 2.54. The van der Waals surface area contributed by atoms with E-state index in [0.29, 0.717) is 17.7 Å². The summed E-state index contributed by atoms with van der Waals surface area (Å²) in [7, 11) is 0. The summed E-state index contributed by atoms with van der Waals surface area (Å²) in [6, 6.07) is 0. The molecule has 3 fully saturated rings. The van der Waals surface area contributed by atoms with Crippen LogP contribution in [0.4, 0.5) is 0 Å². The Kier molecular flexibility index (Phi) is 4.56. The molecule has 4 rings (SSSR count). The van der Waals surface area contributed by atoms with Crippen LogP contribution >= 0.6 is 0 Å². The molecule has 1 atom stereocenters. The second-order valence-electron chi connectivity index (χ2n) is 8.61. The summed E-state index contributed by atoms with van der Waals surface area (Å²) >= 11 is 0. The van der Waals surface area contributed by atoms with Crippen molar-refractivity contribution in [2.24, 2.45) is 17.3 Å². The largest absolute Gasteiger partial charge is 0.381 e. The lowest BCUT2D eigenvalue weighted by atomic mass is 9.62. The molecule has 1 aromatic heterocycles. The molecule has 2 saturated heterocycles. The van der Waals surface area contributed by atoms with E-state index in [4.69, 9.17) is 4.74 Å². The van der Waals surface area contributed by atoms with Gasteiger partial charge in [-0.2, -0.15) is 0 Å². The maximum absolute atomic E-state index is 13.0. The molecule has 0 N–H and O–H groups in total. The predicted molar refractivity (Wildman–Crippen MR) is 94.0 cm³/mol. The Labute approximate surface area is 149 Å². The van der Waals surface area contributed by atoms with Crippen LogP contribution in [0.15, 0.2) is 6.33 Å². The molecule has 3 heterocycles. The molecule has 1 saturated carbocycles. The van der Waals surface area contributed by atoms with Gasteiger partial charge < -0.3 is 14.2 Å². The Bertz CT molecular complexity index is 617. The van der Waals surface area contributed by atoms with Crippen LogP contribution < -0.4 is 0 Å². The summed E-state index contributed by atoms with van der Waals surface area (Å²) in [5.74, 6) is 2.49. The van der Waals surface area contributed by atoms with E-state index in [1.54, 1.807) is 0 Å². The fraction of sp³-hybridized carbons (Fsp3) is 0.842. The van der Waals surface area contributed by atoms with Crippen molar-refractivity contribution in [3.05, 3.63) is 12.2 Å². The minimum Gasteiger partial charge on any atom is -0.381 e. The highest BCUT2D eigenvalue weighted by molar-refractivity contribution is 5.79. The van der Waals surface area contributed by atoms with E-state index in [0.717, 1.165) is 51.5 Å². The van der Waals surface area contributed by atoms with Gasteiger partial charge in [0.15, 0.2) is 0 Å². The van der Waals surface area contributed by atoms with E-state index < -0.39 is 0 Å². The zero-order valence-corrected chi connectivity index (χ0v) is 15.5. The first kappa shape index (κ1) is 17.0. The van der Waals surface area contributed by atoms with E-state index in [2.05, 4.69) is 33.5 Å². The lowest BCUT2D eigenvalue weighted by Gasteiger charge is -2.42. The molecule has 25 heavy (non-hydrogen) atoms. The average Bonchev–Trinajstić information content (AvgIpc) is 3.18. The maximum atomic E-state index is 13.0. The van der Waals surface area contributed by atoms with Gasteiger partial charge >= 0.3 is 0 Å². The number of carbonyl (C=O) groups is 1. The van der Waals surface area contributed by atoms with Gasteiger partial charge in [-0.15, -0.1) is 10.2 Å². The van der Waals surface area contributed by atoms with Gasteiger partial charge in [-0.3, -0.25) is 4.79 Å². The van der Waals surface area contributed by atoms with Crippen molar-refractivity contribution >= 4 is 5.91 Å². The molecule has 0 radical (unpaired) electrons. The fourth-order valence-corrected chi connectivity index (χ4v) is 4.90. The van der Waals surface area contributed by atoms with Crippen LogP contribution in [0.5, 0.6) is 0 Å². The molecular weight excluding hydrogens is 316 g/mol. The van der Waals surface area contributed by atoms with Crippen molar-refractivity contribution in [1.82, 2.24) is 19.7 Å². The van der Waals surface area contributed by atoms with Gasteiger partial charge in [0.1, 0.15) is 12.2 Å².